The van der Waals surface area contributed by atoms with E-state index in [4.69, 9.17) is 15.4 Å². The molecule has 14 heavy (non-hydrogen) atoms. The molecular formula is C6H12CeClNO5. The van der Waals surface area contributed by atoms with Gasteiger partial charge in [-0.1, -0.05) is 6.92 Å². The molecule has 0 aromatic rings. The van der Waals surface area contributed by atoms with Gasteiger partial charge in [-0.2, -0.15) is 5.06 Å². The van der Waals surface area contributed by atoms with E-state index in [-0.39, 0.29) is 60.6 Å². The third-order valence-electron chi connectivity index (χ3n) is 1.33. The molecule has 0 amide bonds. The van der Waals surface area contributed by atoms with Gasteiger partial charge in [0.1, 0.15) is 12.6 Å². The fourth-order valence-electron chi connectivity index (χ4n) is 0.762. The van der Waals surface area contributed by atoms with Crippen LogP contribution in [0.25, 0.3) is 0 Å². The molecule has 8 heteroatoms. The molecule has 0 saturated carbocycles. The molecule has 0 fully saturated rings. The van der Waals surface area contributed by atoms with Crippen LogP contribution in [0.3, 0.4) is 0 Å². The molecule has 0 aliphatic heterocycles. The van der Waals surface area contributed by atoms with Gasteiger partial charge < -0.3 is 15.4 Å². The Kier molecular flexibility index (Phi) is 14.4. The summed E-state index contributed by atoms with van der Waals surface area (Å²) in [5, 5.41) is 25.9. The van der Waals surface area contributed by atoms with Gasteiger partial charge in [0.05, 0.1) is 0 Å². The average molecular weight is 354 g/mol. The molecule has 1 atom stereocenters. The van der Waals surface area contributed by atoms with E-state index in [0.717, 1.165) is 0 Å². The molecular weight excluding hydrogens is 342 g/mol. The maximum absolute atomic E-state index is 10.4. The van der Waals surface area contributed by atoms with Crippen LogP contribution in [0.4, 0.5) is 0 Å². The first-order chi connectivity index (χ1) is 5.49. The summed E-state index contributed by atoms with van der Waals surface area (Å²) in [6, 6.07) is -1.15. The van der Waals surface area contributed by atoms with Gasteiger partial charge in [-0.25, -0.2) is 0 Å². The number of nitrogens with zero attached hydrogens (tertiary/aromatic N) is 1. The third kappa shape index (κ3) is 7.89. The molecule has 0 radical (unpaired) electrons. The van der Waals surface area contributed by atoms with Crippen molar-refractivity contribution in [2.24, 2.45) is 0 Å². The van der Waals surface area contributed by atoms with Crippen LogP contribution in [0.5, 0.6) is 0 Å². The number of rotatable bonds is 5. The molecule has 0 aromatic heterocycles. The number of carbonyl (C=O) groups is 2. The van der Waals surface area contributed by atoms with E-state index >= 15 is 0 Å². The summed E-state index contributed by atoms with van der Waals surface area (Å²) in [5.41, 5.74) is 0. The van der Waals surface area contributed by atoms with Gasteiger partial charge >= 0.3 is 11.9 Å². The van der Waals surface area contributed by atoms with Gasteiger partial charge in [0, 0.05) is 41.7 Å². The number of carboxylic acid groups (broad SMARTS) is 2. The van der Waals surface area contributed by atoms with Crippen LogP contribution < -0.4 is 0 Å². The van der Waals surface area contributed by atoms with E-state index in [2.05, 4.69) is 0 Å². The predicted molar refractivity (Wildman–Crippen MR) is 45.1 cm³/mol. The summed E-state index contributed by atoms with van der Waals surface area (Å²) in [4.78, 5) is 20.4. The van der Waals surface area contributed by atoms with Crippen molar-refractivity contribution in [3.05, 3.63) is 0 Å². The van der Waals surface area contributed by atoms with E-state index in [0.29, 0.717) is 5.06 Å². The van der Waals surface area contributed by atoms with Crippen molar-refractivity contribution < 1.29 is 66.8 Å². The van der Waals surface area contributed by atoms with E-state index in [1.165, 1.54) is 0 Å². The average Bonchev–Trinajstić information content (AvgIpc) is 1.85. The summed E-state index contributed by atoms with van der Waals surface area (Å²) in [5.74, 6) is -2.50. The summed E-state index contributed by atoms with van der Waals surface area (Å²) < 4.78 is 0. The number of carboxylic acids is 2. The van der Waals surface area contributed by atoms with Gasteiger partial charge in [0.25, 0.3) is 0 Å². The second-order valence-corrected chi connectivity index (χ2v) is 2.25. The van der Waals surface area contributed by atoms with Crippen LogP contribution in [-0.2, 0) is 9.59 Å². The Balaban J connectivity index is -0.000000605. The van der Waals surface area contributed by atoms with Crippen LogP contribution in [0, 0.1) is 41.7 Å². The molecule has 0 aliphatic carbocycles. The van der Waals surface area contributed by atoms with Gasteiger partial charge in [-0.15, -0.1) is 12.4 Å². The van der Waals surface area contributed by atoms with Crippen molar-refractivity contribution in [1.29, 1.82) is 0 Å². The van der Waals surface area contributed by atoms with Crippen LogP contribution in [0.2, 0.25) is 0 Å². The second kappa shape index (κ2) is 10.1. The normalized spacial score (nSPS) is 11.1. The number of hydrogen-bond donors (Lipinski definition) is 3. The molecule has 0 aromatic carbocycles. The van der Waals surface area contributed by atoms with Gasteiger partial charge in [0.2, 0.25) is 0 Å². The van der Waals surface area contributed by atoms with Gasteiger partial charge in [-0.3, -0.25) is 9.59 Å². The zero-order chi connectivity index (χ0) is 9.72. The minimum Gasteiger partial charge on any atom is -0.480 e. The standard InChI is InChI=1S/C6H11NO5.Ce.ClH/c1-2-4(6(10)11)7(12)3-5(8)9;;/h4,12H,2-3H2,1H3,(H,8,9)(H,10,11);;1H. The molecule has 6 nitrogen and oxygen atoms in total. The molecule has 0 spiro atoms. The Bertz CT molecular complexity index is 191. The van der Waals surface area contributed by atoms with Crippen molar-refractivity contribution in [2.45, 2.75) is 19.4 Å². The molecule has 3 N–H and O–H groups in total. The fraction of sp³-hybridized carbons (Fsp3) is 0.667. The number of hydroxylamine groups is 2. The van der Waals surface area contributed by atoms with Crippen LogP contribution in [0.1, 0.15) is 13.3 Å². The molecule has 0 bridgehead atoms. The van der Waals surface area contributed by atoms with Crippen molar-refractivity contribution in [3.8, 4) is 0 Å². The zero-order valence-electron chi connectivity index (χ0n) is 7.51. The molecule has 0 rings (SSSR count). The molecule has 1 unspecified atom stereocenters. The van der Waals surface area contributed by atoms with Crippen LogP contribution in [0.15, 0.2) is 0 Å². The third-order valence-corrected chi connectivity index (χ3v) is 1.33. The molecule has 0 aliphatic rings. The Hall–Kier alpha value is 0.527. The van der Waals surface area contributed by atoms with E-state index in [9.17, 15) is 9.59 Å². The maximum Gasteiger partial charge on any atom is 0.323 e. The first-order valence-electron chi connectivity index (χ1n) is 3.39. The Morgan fingerprint density at radius 3 is 2.00 bits per heavy atom. The Morgan fingerprint density at radius 1 is 1.36 bits per heavy atom. The topological polar surface area (TPSA) is 98.1 Å². The zero-order valence-corrected chi connectivity index (χ0v) is 11.5. The van der Waals surface area contributed by atoms with Crippen molar-refractivity contribution in [3.63, 3.8) is 0 Å². The number of hydrogen-bond acceptors (Lipinski definition) is 4. The second-order valence-electron chi connectivity index (χ2n) is 2.25. The van der Waals surface area contributed by atoms with Gasteiger partial charge in [0.15, 0.2) is 0 Å². The van der Waals surface area contributed by atoms with E-state index < -0.39 is 24.5 Å². The van der Waals surface area contributed by atoms with Crippen molar-refractivity contribution >= 4 is 24.3 Å². The van der Waals surface area contributed by atoms with Crippen LogP contribution >= 0.6 is 12.4 Å². The molecule has 0 saturated heterocycles. The quantitative estimate of drug-likeness (QED) is 0.604. The van der Waals surface area contributed by atoms with Crippen molar-refractivity contribution in [2.75, 3.05) is 6.54 Å². The minimum absolute atomic E-state index is 0. The van der Waals surface area contributed by atoms with Gasteiger partial charge in [-0.05, 0) is 6.42 Å². The van der Waals surface area contributed by atoms with E-state index in [1.54, 1.807) is 6.92 Å². The first-order valence-corrected chi connectivity index (χ1v) is 3.39. The smallest absolute Gasteiger partial charge is 0.323 e. The summed E-state index contributed by atoms with van der Waals surface area (Å²) >= 11 is 0. The summed E-state index contributed by atoms with van der Waals surface area (Å²) in [6.07, 6.45) is 0.152. The first kappa shape index (κ1) is 20.0. The van der Waals surface area contributed by atoms with Crippen LogP contribution in [-0.4, -0.2) is 45.0 Å². The molecule has 82 valence electrons. The number of aliphatic carboxylic acids is 2. The largest absolute Gasteiger partial charge is 0.480 e. The summed E-state index contributed by atoms with van der Waals surface area (Å²) in [6.45, 7) is 0.856. The summed E-state index contributed by atoms with van der Waals surface area (Å²) in [7, 11) is 0. The number of halogens is 1. The Morgan fingerprint density at radius 2 is 1.79 bits per heavy atom. The SMILES string of the molecule is CCC(C(=O)O)N(O)CC(=O)O.Cl.[Ce]. The monoisotopic (exact) mass is 353 g/mol. The molecule has 0 heterocycles. The van der Waals surface area contributed by atoms with E-state index in [1.807, 2.05) is 0 Å². The maximum atomic E-state index is 10.4. The predicted octanol–water partition coefficient (Wildman–Crippen LogP) is 0.0472. The fourth-order valence-corrected chi connectivity index (χ4v) is 0.762. The van der Waals surface area contributed by atoms with Crippen molar-refractivity contribution in [1.82, 2.24) is 5.06 Å². The Labute approximate surface area is 121 Å². The minimum atomic E-state index is -1.27.